The lowest BCUT2D eigenvalue weighted by molar-refractivity contribution is -0.138. The normalized spacial score (nSPS) is 23.1. The van der Waals surface area contributed by atoms with Crippen LogP contribution in [0.2, 0.25) is 5.02 Å². The van der Waals surface area contributed by atoms with Crippen LogP contribution in [0.5, 0.6) is 0 Å². The molecule has 11 heteroatoms. The zero-order valence-electron chi connectivity index (χ0n) is 17.8. The van der Waals surface area contributed by atoms with Gasteiger partial charge in [0.1, 0.15) is 0 Å². The molecule has 1 saturated carbocycles. The van der Waals surface area contributed by atoms with Gasteiger partial charge in [-0.05, 0) is 55.5 Å². The van der Waals surface area contributed by atoms with Crippen LogP contribution in [0, 0.1) is 11.8 Å². The van der Waals surface area contributed by atoms with E-state index in [0.717, 1.165) is 18.9 Å². The monoisotopic (exact) mass is 487 g/mol. The smallest absolute Gasteiger partial charge is 0.322 e. The van der Waals surface area contributed by atoms with Gasteiger partial charge < -0.3 is 9.62 Å². The first-order valence-electron chi connectivity index (χ1n) is 10.4. The minimum Gasteiger partial charge on any atom is -0.322 e. The summed E-state index contributed by atoms with van der Waals surface area (Å²) < 4.78 is 44.5. The molecule has 174 valence electrons. The highest BCUT2D eigenvalue weighted by Crippen LogP contribution is 2.41. The highest BCUT2D eigenvalue weighted by atomic mass is 35.5. The first-order valence-corrected chi connectivity index (χ1v) is 12.0. The number of nitrogens with zero attached hydrogens (tertiary/aromatic N) is 4. The highest BCUT2D eigenvalue weighted by molar-refractivity contribution is 7.99. The van der Waals surface area contributed by atoms with E-state index in [1.165, 1.54) is 28.8 Å². The van der Waals surface area contributed by atoms with Crippen LogP contribution in [0.4, 0.5) is 23.8 Å². The number of nitrogens with one attached hydrogen (secondary N) is 1. The second-order valence-electron chi connectivity index (χ2n) is 8.50. The van der Waals surface area contributed by atoms with Gasteiger partial charge in [-0.2, -0.15) is 17.9 Å². The Bertz CT molecular complexity index is 971. The van der Waals surface area contributed by atoms with Gasteiger partial charge in [0, 0.05) is 49.2 Å². The van der Waals surface area contributed by atoms with Gasteiger partial charge in [-0.25, -0.2) is 4.79 Å². The van der Waals surface area contributed by atoms with Crippen molar-refractivity contribution >= 4 is 35.4 Å². The quantitative estimate of drug-likeness (QED) is 0.598. The van der Waals surface area contributed by atoms with Crippen LogP contribution in [0.3, 0.4) is 0 Å². The minimum absolute atomic E-state index is 0.146. The fourth-order valence-electron chi connectivity index (χ4n) is 4.89. The third kappa shape index (κ3) is 4.87. The highest BCUT2D eigenvalue weighted by Gasteiger charge is 2.44. The Morgan fingerprint density at radius 1 is 1.28 bits per heavy atom. The average Bonchev–Trinajstić information content (AvgIpc) is 3.41. The Morgan fingerprint density at radius 3 is 2.59 bits per heavy atom. The molecule has 1 N–H and O–H groups in total. The molecule has 6 nitrogen and oxygen atoms in total. The van der Waals surface area contributed by atoms with Gasteiger partial charge in [0.15, 0.2) is 5.82 Å². The Morgan fingerprint density at radius 2 is 1.97 bits per heavy atom. The van der Waals surface area contributed by atoms with Gasteiger partial charge in [0.25, 0.3) is 0 Å². The first-order chi connectivity index (χ1) is 15.2. The third-order valence-electron chi connectivity index (χ3n) is 6.40. The number of rotatable bonds is 5. The second-order valence-corrected chi connectivity index (χ2v) is 9.55. The van der Waals surface area contributed by atoms with Crippen molar-refractivity contribution in [1.82, 2.24) is 19.6 Å². The lowest BCUT2D eigenvalue weighted by Gasteiger charge is -2.27. The maximum atomic E-state index is 13.4. The number of halogens is 4. The third-order valence-corrected chi connectivity index (χ3v) is 7.05. The summed E-state index contributed by atoms with van der Waals surface area (Å²) >= 11 is 7.37. The average molecular weight is 488 g/mol. The van der Waals surface area contributed by atoms with Crippen LogP contribution < -0.4 is 4.72 Å². The lowest BCUT2D eigenvalue weighted by Crippen LogP contribution is -2.36. The molecule has 4 rings (SSSR count). The zero-order valence-corrected chi connectivity index (χ0v) is 19.3. The number of hydrogen-bond acceptors (Lipinski definition) is 5. The summed E-state index contributed by atoms with van der Waals surface area (Å²) in [7, 11) is 1.86. The summed E-state index contributed by atoms with van der Waals surface area (Å²) in [6, 6.07) is 5.51. The summed E-state index contributed by atoms with van der Waals surface area (Å²) in [6.45, 7) is 1.47. The maximum Gasteiger partial charge on any atom is 0.416 e. The molecule has 2 aromatic rings. The lowest BCUT2D eigenvalue weighted by atomic mass is 10.0. The van der Waals surface area contributed by atoms with Crippen molar-refractivity contribution < 1.29 is 18.0 Å². The molecule has 0 bridgehead atoms. The molecule has 1 aliphatic carbocycles. The molecule has 2 atom stereocenters. The van der Waals surface area contributed by atoms with Crippen molar-refractivity contribution in [3.63, 3.8) is 0 Å². The van der Waals surface area contributed by atoms with E-state index in [2.05, 4.69) is 9.82 Å². The van der Waals surface area contributed by atoms with Crippen LogP contribution in [-0.2, 0) is 12.7 Å². The predicted octanol–water partition coefficient (Wildman–Crippen LogP) is 5.06. The molecule has 2 heterocycles. The molecule has 0 spiro atoms. The number of carbonyl (C=O) groups is 1. The summed E-state index contributed by atoms with van der Waals surface area (Å²) in [5.41, 5.74) is -0.451. The molecule has 1 aromatic carbocycles. The van der Waals surface area contributed by atoms with Gasteiger partial charge in [-0.1, -0.05) is 23.5 Å². The SMILES string of the molecule is CSNc1ccn(C(=O)N2CC3CC(N(C)Cc4cc(Cl)ccc4C(F)(F)F)CC3C2)n1. The van der Waals surface area contributed by atoms with Crippen LogP contribution in [0.15, 0.2) is 30.5 Å². The van der Waals surface area contributed by atoms with E-state index >= 15 is 0 Å². The standard InChI is InChI=1S/C21H25ClF3N5OS/c1-28(10-15-7-16(22)3-4-18(15)21(23,24)25)17-8-13-11-29(12-14(13)9-17)20(31)30-6-5-19(26-30)27-32-2/h3-7,13-14,17H,8-12H2,1-2H3,(H,26,27). The molecule has 2 unspecified atom stereocenters. The van der Waals surface area contributed by atoms with Gasteiger partial charge in [-0.15, -0.1) is 5.10 Å². The Balaban J connectivity index is 1.36. The number of likely N-dealkylation sites (tertiary alicyclic amines) is 1. The van der Waals surface area contributed by atoms with Crippen LogP contribution in [-0.4, -0.2) is 58.0 Å². The van der Waals surface area contributed by atoms with Gasteiger partial charge in [0.05, 0.1) is 5.56 Å². The molecule has 2 aliphatic rings. The molecular formula is C21H25ClF3N5OS. The van der Waals surface area contributed by atoms with E-state index in [4.69, 9.17) is 11.6 Å². The molecule has 1 amide bonds. The second kappa shape index (κ2) is 9.15. The Labute approximate surface area is 194 Å². The number of amides is 1. The molecule has 1 saturated heterocycles. The van der Waals surface area contributed by atoms with E-state index in [1.54, 1.807) is 12.3 Å². The van der Waals surface area contributed by atoms with E-state index in [1.807, 2.05) is 23.1 Å². The summed E-state index contributed by atoms with van der Waals surface area (Å²) in [6.07, 6.45) is 0.822. The van der Waals surface area contributed by atoms with E-state index < -0.39 is 11.7 Å². The molecule has 1 aromatic heterocycles. The van der Waals surface area contributed by atoms with E-state index in [-0.39, 0.29) is 24.2 Å². The first kappa shape index (κ1) is 23.3. The number of hydrogen-bond donors (Lipinski definition) is 1. The number of benzene rings is 1. The van der Waals surface area contributed by atoms with Crippen molar-refractivity contribution in [2.24, 2.45) is 11.8 Å². The Kier molecular flexibility index (Phi) is 6.65. The van der Waals surface area contributed by atoms with Crippen molar-refractivity contribution in [2.45, 2.75) is 31.6 Å². The Hall–Kier alpha value is -1.91. The van der Waals surface area contributed by atoms with Crippen molar-refractivity contribution in [3.05, 3.63) is 46.6 Å². The number of carbonyl (C=O) groups excluding carboxylic acids is 1. The predicted molar refractivity (Wildman–Crippen MR) is 120 cm³/mol. The number of aromatic nitrogens is 2. The summed E-state index contributed by atoms with van der Waals surface area (Å²) in [5.74, 6) is 1.31. The van der Waals surface area contributed by atoms with Gasteiger partial charge >= 0.3 is 12.2 Å². The van der Waals surface area contributed by atoms with Crippen molar-refractivity contribution in [2.75, 3.05) is 31.1 Å². The van der Waals surface area contributed by atoms with Crippen LogP contribution >= 0.6 is 23.5 Å². The van der Waals surface area contributed by atoms with Crippen LogP contribution in [0.25, 0.3) is 0 Å². The van der Waals surface area contributed by atoms with Gasteiger partial charge in [0.2, 0.25) is 0 Å². The zero-order chi connectivity index (χ0) is 23.0. The summed E-state index contributed by atoms with van der Waals surface area (Å²) in [4.78, 5) is 16.6. The molecule has 0 radical (unpaired) electrons. The summed E-state index contributed by atoms with van der Waals surface area (Å²) in [5, 5.41) is 4.55. The molecule has 2 fully saturated rings. The molecule has 1 aliphatic heterocycles. The fourth-order valence-corrected chi connectivity index (χ4v) is 5.40. The number of fused-ring (bicyclic) bond motifs is 1. The van der Waals surface area contributed by atoms with E-state index in [9.17, 15) is 18.0 Å². The number of anilines is 1. The molecule has 32 heavy (non-hydrogen) atoms. The minimum atomic E-state index is -4.41. The van der Waals surface area contributed by atoms with E-state index in [0.29, 0.717) is 35.8 Å². The fraction of sp³-hybridized carbons (Fsp3) is 0.524. The number of alkyl halides is 3. The van der Waals surface area contributed by atoms with Crippen molar-refractivity contribution in [3.8, 4) is 0 Å². The largest absolute Gasteiger partial charge is 0.416 e. The maximum absolute atomic E-state index is 13.4. The molecular weight excluding hydrogens is 463 g/mol. The van der Waals surface area contributed by atoms with Crippen LogP contribution in [0.1, 0.15) is 24.0 Å². The van der Waals surface area contributed by atoms with Crippen molar-refractivity contribution in [1.29, 1.82) is 0 Å². The van der Waals surface area contributed by atoms with Gasteiger partial charge in [-0.3, -0.25) is 4.90 Å². The topological polar surface area (TPSA) is 53.4 Å².